The minimum atomic E-state index is -0.358. The van der Waals surface area contributed by atoms with Crippen molar-refractivity contribution in [1.82, 2.24) is 30.9 Å². The van der Waals surface area contributed by atoms with E-state index in [0.717, 1.165) is 5.69 Å². The van der Waals surface area contributed by atoms with Crippen molar-refractivity contribution in [2.45, 2.75) is 6.17 Å². The number of aromatic nitrogens is 4. The Balaban J connectivity index is 1.68. The fourth-order valence-electron chi connectivity index (χ4n) is 3.21. The van der Waals surface area contributed by atoms with Gasteiger partial charge in [0.05, 0.1) is 5.69 Å². The first-order valence-corrected chi connectivity index (χ1v) is 9.46. The van der Waals surface area contributed by atoms with E-state index >= 15 is 0 Å². The number of rotatable bonds is 4. The Bertz CT molecular complexity index is 976. The standard InChI is InChI=1S/C21H19N9/c1-5-13-22-17(9-1)21-26-27-29(19-11-3-7-15-24-19)30(20-12-4-8-16-25-20)28(21)18-10-2-6-14-23-18/h1-16,21,26-27H. The zero-order valence-electron chi connectivity index (χ0n) is 15.9. The molecule has 5 rings (SSSR count). The molecular formula is C21H19N9. The van der Waals surface area contributed by atoms with Crippen LogP contribution in [0.1, 0.15) is 11.9 Å². The van der Waals surface area contributed by atoms with E-state index in [1.807, 2.05) is 82.9 Å². The summed E-state index contributed by atoms with van der Waals surface area (Å²) in [5.74, 6) is 2.08. The first-order valence-electron chi connectivity index (χ1n) is 9.46. The number of hydrogen-bond acceptors (Lipinski definition) is 9. The molecule has 1 aliphatic heterocycles. The van der Waals surface area contributed by atoms with Crippen LogP contribution in [0.2, 0.25) is 0 Å². The number of anilines is 3. The molecule has 0 aliphatic carbocycles. The molecule has 0 spiro atoms. The van der Waals surface area contributed by atoms with E-state index in [2.05, 4.69) is 30.9 Å². The molecule has 0 amide bonds. The van der Waals surface area contributed by atoms with Crippen molar-refractivity contribution in [3.05, 3.63) is 103 Å². The molecule has 5 heterocycles. The summed E-state index contributed by atoms with van der Waals surface area (Å²) in [6.45, 7) is 0. The average Bonchev–Trinajstić information content (AvgIpc) is 2.85. The van der Waals surface area contributed by atoms with Gasteiger partial charge >= 0.3 is 0 Å². The van der Waals surface area contributed by atoms with Crippen LogP contribution in [0, 0.1) is 0 Å². The van der Waals surface area contributed by atoms with E-state index in [0.29, 0.717) is 17.5 Å². The Kier molecular flexibility index (Phi) is 4.86. The van der Waals surface area contributed by atoms with E-state index in [1.165, 1.54) is 0 Å². The highest BCUT2D eigenvalue weighted by molar-refractivity contribution is 5.59. The van der Waals surface area contributed by atoms with Gasteiger partial charge in [-0.2, -0.15) is 10.2 Å². The Morgan fingerprint density at radius 3 is 1.73 bits per heavy atom. The SMILES string of the molecule is c1ccc(C2NNN(c3ccccn3)N(c3ccccn3)N2c2ccccn2)nc1. The largest absolute Gasteiger partial charge is 0.258 e. The molecule has 0 radical (unpaired) electrons. The van der Waals surface area contributed by atoms with E-state index in [1.54, 1.807) is 29.9 Å². The summed E-state index contributed by atoms with van der Waals surface area (Å²) in [5, 5.41) is 5.65. The van der Waals surface area contributed by atoms with Gasteiger partial charge in [-0.3, -0.25) is 4.98 Å². The summed E-state index contributed by atoms with van der Waals surface area (Å²) in [6, 6.07) is 23.0. The van der Waals surface area contributed by atoms with Gasteiger partial charge in [-0.1, -0.05) is 24.3 Å². The molecule has 2 N–H and O–H groups in total. The molecule has 1 saturated heterocycles. The van der Waals surface area contributed by atoms with Crippen molar-refractivity contribution in [2.75, 3.05) is 15.2 Å². The first kappa shape index (κ1) is 18.0. The monoisotopic (exact) mass is 397 g/mol. The van der Waals surface area contributed by atoms with Crippen molar-refractivity contribution in [3.8, 4) is 0 Å². The minimum absolute atomic E-state index is 0.358. The van der Waals surface area contributed by atoms with Crippen LogP contribution in [-0.4, -0.2) is 19.9 Å². The first-order chi connectivity index (χ1) is 14.9. The molecule has 30 heavy (non-hydrogen) atoms. The fraction of sp³-hybridized carbons (Fsp3) is 0.0476. The van der Waals surface area contributed by atoms with Crippen LogP contribution in [0.5, 0.6) is 0 Å². The van der Waals surface area contributed by atoms with Crippen LogP contribution < -0.4 is 26.2 Å². The van der Waals surface area contributed by atoms with Crippen LogP contribution in [0.4, 0.5) is 17.5 Å². The van der Waals surface area contributed by atoms with Gasteiger partial charge in [0.2, 0.25) is 0 Å². The molecular weight excluding hydrogens is 378 g/mol. The molecule has 1 aliphatic rings. The Morgan fingerprint density at radius 2 is 1.17 bits per heavy atom. The topological polar surface area (TPSA) is 85.3 Å². The molecule has 0 bridgehead atoms. The second kappa shape index (κ2) is 8.11. The second-order valence-electron chi connectivity index (χ2n) is 6.42. The number of hydrazine groups is 4. The zero-order chi connectivity index (χ0) is 20.2. The van der Waals surface area contributed by atoms with Crippen molar-refractivity contribution in [2.24, 2.45) is 0 Å². The number of pyridine rings is 4. The second-order valence-corrected chi connectivity index (χ2v) is 6.42. The van der Waals surface area contributed by atoms with Gasteiger partial charge in [0, 0.05) is 24.8 Å². The summed E-state index contributed by atoms with van der Waals surface area (Å²) < 4.78 is 0. The Morgan fingerprint density at radius 1 is 0.600 bits per heavy atom. The summed E-state index contributed by atoms with van der Waals surface area (Å²) in [7, 11) is 0. The maximum atomic E-state index is 4.60. The smallest absolute Gasteiger partial charge is 0.171 e. The van der Waals surface area contributed by atoms with Crippen LogP contribution in [0.3, 0.4) is 0 Å². The van der Waals surface area contributed by atoms with Crippen molar-refractivity contribution in [3.63, 3.8) is 0 Å². The van der Waals surface area contributed by atoms with E-state index < -0.39 is 0 Å². The minimum Gasteiger partial charge on any atom is -0.258 e. The third-order valence-electron chi connectivity index (χ3n) is 4.52. The van der Waals surface area contributed by atoms with Crippen molar-refractivity contribution in [1.29, 1.82) is 0 Å². The maximum absolute atomic E-state index is 4.60. The lowest BCUT2D eigenvalue weighted by molar-refractivity contribution is 0.316. The highest BCUT2D eigenvalue weighted by atomic mass is 16.1. The quantitative estimate of drug-likeness (QED) is 0.540. The van der Waals surface area contributed by atoms with Gasteiger partial charge in [-0.05, 0) is 48.5 Å². The predicted molar refractivity (Wildman–Crippen MR) is 113 cm³/mol. The molecule has 0 saturated carbocycles. The van der Waals surface area contributed by atoms with Crippen LogP contribution in [-0.2, 0) is 0 Å². The molecule has 9 heteroatoms. The van der Waals surface area contributed by atoms with Gasteiger partial charge in [0.15, 0.2) is 23.6 Å². The summed E-state index contributed by atoms with van der Waals surface area (Å²) in [6.07, 6.45) is 6.66. The van der Waals surface area contributed by atoms with Gasteiger partial charge in [0.25, 0.3) is 0 Å². The average molecular weight is 397 g/mol. The normalized spacial score (nSPS) is 16.5. The lowest BCUT2D eigenvalue weighted by atomic mass is 10.2. The highest BCUT2D eigenvalue weighted by Gasteiger charge is 2.38. The lowest BCUT2D eigenvalue weighted by Crippen LogP contribution is -2.72. The molecule has 148 valence electrons. The Hall–Kier alpha value is -4.08. The Labute approximate surface area is 173 Å². The van der Waals surface area contributed by atoms with Crippen molar-refractivity contribution < 1.29 is 0 Å². The maximum Gasteiger partial charge on any atom is 0.171 e. The number of hydrogen-bond donors (Lipinski definition) is 2. The van der Waals surface area contributed by atoms with Crippen LogP contribution in [0.15, 0.2) is 97.6 Å². The van der Waals surface area contributed by atoms with Crippen LogP contribution >= 0.6 is 0 Å². The molecule has 9 nitrogen and oxygen atoms in total. The predicted octanol–water partition coefficient (Wildman–Crippen LogP) is 2.64. The molecule has 4 aromatic heterocycles. The molecule has 1 atom stereocenters. The van der Waals surface area contributed by atoms with Gasteiger partial charge in [-0.25, -0.2) is 25.4 Å². The molecule has 0 aromatic carbocycles. The van der Waals surface area contributed by atoms with E-state index in [9.17, 15) is 0 Å². The van der Waals surface area contributed by atoms with Gasteiger partial charge < -0.3 is 0 Å². The third kappa shape index (κ3) is 3.39. The van der Waals surface area contributed by atoms with Crippen LogP contribution in [0.25, 0.3) is 0 Å². The number of nitrogens with one attached hydrogen (secondary N) is 2. The lowest BCUT2D eigenvalue weighted by Gasteiger charge is -2.50. The molecule has 1 fully saturated rings. The number of nitrogens with zero attached hydrogens (tertiary/aromatic N) is 7. The summed E-state index contributed by atoms with van der Waals surface area (Å²) in [5.41, 5.74) is 7.37. The van der Waals surface area contributed by atoms with Crippen molar-refractivity contribution >= 4 is 17.5 Å². The van der Waals surface area contributed by atoms with Gasteiger partial charge in [0.1, 0.15) is 0 Å². The zero-order valence-corrected chi connectivity index (χ0v) is 15.9. The van der Waals surface area contributed by atoms with E-state index in [4.69, 9.17) is 0 Å². The summed E-state index contributed by atoms with van der Waals surface area (Å²) >= 11 is 0. The van der Waals surface area contributed by atoms with Gasteiger partial charge in [-0.15, -0.1) is 5.53 Å². The fourth-order valence-corrected chi connectivity index (χ4v) is 3.21. The third-order valence-corrected chi connectivity index (χ3v) is 4.52. The molecule has 4 aromatic rings. The van der Waals surface area contributed by atoms with E-state index in [-0.39, 0.29) is 6.17 Å². The highest BCUT2D eigenvalue weighted by Crippen LogP contribution is 2.32. The molecule has 1 unspecified atom stereocenters. The summed E-state index contributed by atoms with van der Waals surface area (Å²) in [4.78, 5) is 18.2.